The Kier molecular flexibility index (Phi) is 9.31. The summed E-state index contributed by atoms with van der Waals surface area (Å²) in [5.41, 5.74) is -0.638. The number of fused-ring (bicyclic) bond motifs is 2. The average Bonchev–Trinajstić information content (AvgIpc) is 3.56. The van der Waals surface area contributed by atoms with Crippen LogP contribution in [0, 0.1) is 28.1 Å². The van der Waals surface area contributed by atoms with E-state index < -0.39 is 41.6 Å². The summed E-state index contributed by atoms with van der Waals surface area (Å²) in [7, 11) is 1.42. The molecule has 2 bridgehead atoms. The first-order valence-electron chi connectivity index (χ1n) is 16.5. The van der Waals surface area contributed by atoms with Gasteiger partial charge in [-0.05, 0) is 83.6 Å². The molecular weight excluding hydrogens is 588 g/mol. The van der Waals surface area contributed by atoms with E-state index in [0.29, 0.717) is 45.1 Å². The number of ether oxygens (including phenoxy) is 3. The Labute approximate surface area is 271 Å². The highest BCUT2D eigenvalue weighted by atomic mass is 16.6. The minimum absolute atomic E-state index is 0.0628. The number of methoxy groups -OCH3 is 1. The van der Waals surface area contributed by atoms with E-state index in [9.17, 15) is 24.4 Å². The lowest BCUT2D eigenvalue weighted by Gasteiger charge is -2.39. The molecule has 0 radical (unpaired) electrons. The van der Waals surface area contributed by atoms with E-state index in [1.807, 2.05) is 6.92 Å². The maximum absolute atomic E-state index is 14.0. The Hall–Kier alpha value is -3.81. The number of aldehydes is 1. The van der Waals surface area contributed by atoms with Crippen molar-refractivity contribution < 1.29 is 33.4 Å². The first-order valence-corrected chi connectivity index (χ1v) is 16.5. The smallest absolute Gasteiger partial charge is 0.410 e. The van der Waals surface area contributed by atoms with Crippen LogP contribution in [0.3, 0.4) is 0 Å². The maximum atomic E-state index is 14.0. The number of nitrogens with zero attached hydrogens (tertiary/aromatic N) is 2. The molecular formula is C35H48N4O7. The predicted octanol–water partition coefficient (Wildman–Crippen LogP) is 4.90. The lowest BCUT2D eigenvalue weighted by molar-refractivity contribution is -0.127. The van der Waals surface area contributed by atoms with Crippen LogP contribution < -0.4 is 20.1 Å². The molecule has 2 saturated heterocycles. The number of rotatable bonds is 9. The highest BCUT2D eigenvalue weighted by molar-refractivity contribution is 5.98. The van der Waals surface area contributed by atoms with Crippen molar-refractivity contribution in [3.63, 3.8) is 0 Å². The molecule has 0 aromatic heterocycles. The molecule has 2 aliphatic carbocycles. The van der Waals surface area contributed by atoms with Crippen LogP contribution >= 0.6 is 0 Å². The Morgan fingerprint density at radius 1 is 1.04 bits per heavy atom. The second kappa shape index (κ2) is 12.8. The third kappa shape index (κ3) is 6.81. The number of benzene rings is 1. The maximum Gasteiger partial charge on any atom is 0.410 e. The van der Waals surface area contributed by atoms with Gasteiger partial charge < -0.3 is 29.6 Å². The summed E-state index contributed by atoms with van der Waals surface area (Å²) in [6.07, 6.45) is 7.44. The van der Waals surface area contributed by atoms with Crippen molar-refractivity contribution in [3.8, 4) is 17.6 Å². The summed E-state index contributed by atoms with van der Waals surface area (Å²) in [6, 6.07) is 3.65. The first kappa shape index (κ1) is 33.6. The largest absolute Gasteiger partial charge is 0.496 e. The molecule has 4 aliphatic rings. The SMILES string of the molecule is COc1cc(C#N)c(OC2CCC(C)(C=O)CC2)cc1C(=O)N[C@@H]1[C@H](C(=O)NCC2(C)CCC2)[C@@H]2CC[C@H]1N2C(=O)OC(C)(C)C. The molecule has 0 unspecified atom stereocenters. The summed E-state index contributed by atoms with van der Waals surface area (Å²) in [4.78, 5) is 54.4. The van der Waals surface area contributed by atoms with E-state index in [4.69, 9.17) is 14.2 Å². The lowest BCUT2D eigenvalue weighted by Crippen LogP contribution is -2.53. The van der Waals surface area contributed by atoms with Gasteiger partial charge in [0.2, 0.25) is 5.91 Å². The van der Waals surface area contributed by atoms with Crippen molar-refractivity contribution >= 4 is 24.2 Å². The molecule has 4 atom stereocenters. The van der Waals surface area contributed by atoms with Gasteiger partial charge in [-0.1, -0.05) is 20.3 Å². The van der Waals surface area contributed by atoms with Crippen LogP contribution in [0.2, 0.25) is 0 Å². The van der Waals surface area contributed by atoms with E-state index in [0.717, 1.165) is 25.5 Å². The second-order valence-electron chi connectivity index (χ2n) is 15.3. The molecule has 11 heteroatoms. The zero-order valence-electron chi connectivity index (χ0n) is 27.9. The quantitative estimate of drug-likeness (QED) is 0.364. The molecule has 2 heterocycles. The summed E-state index contributed by atoms with van der Waals surface area (Å²) in [6.45, 7) is 10.1. The fourth-order valence-electron chi connectivity index (χ4n) is 7.52. The standard InChI is InChI=1S/C35H48N4O7/c1-33(2,3)46-32(43)39-24-8-9-25(39)29(28(24)31(42)37-19-34(4)12-7-13-34)38-30(41)23-17-26(21(18-36)16-27(23)44-6)45-22-10-14-35(5,20-40)15-11-22/h16-17,20,22,24-25,28-29H,7-15,19H2,1-6H3,(H,37,42)(H,38,41)/t22?,24-,25+,28+,29-,35?/m0/s1. The van der Waals surface area contributed by atoms with Gasteiger partial charge in [0, 0.05) is 24.1 Å². The van der Waals surface area contributed by atoms with Gasteiger partial charge in [0.25, 0.3) is 5.91 Å². The Bertz CT molecular complexity index is 1400. The highest BCUT2D eigenvalue weighted by Crippen LogP contribution is 2.44. The number of nitriles is 1. The minimum Gasteiger partial charge on any atom is -0.496 e. The van der Waals surface area contributed by atoms with Crippen molar-refractivity contribution in [1.29, 1.82) is 5.26 Å². The fraction of sp³-hybridized carbons (Fsp3) is 0.686. The highest BCUT2D eigenvalue weighted by Gasteiger charge is 2.59. The van der Waals surface area contributed by atoms with Gasteiger partial charge in [-0.2, -0.15) is 5.26 Å². The van der Waals surface area contributed by atoms with Gasteiger partial charge in [0.1, 0.15) is 29.5 Å². The molecule has 2 saturated carbocycles. The van der Waals surface area contributed by atoms with Crippen LogP contribution in [0.25, 0.3) is 0 Å². The topological polar surface area (TPSA) is 147 Å². The van der Waals surface area contributed by atoms with Crippen LogP contribution in [0.5, 0.6) is 11.5 Å². The Balaban J connectivity index is 1.40. The van der Waals surface area contributed by atoms with Gasteiger partial charge >= 0.3 is 6.09 Å². The average molecular weight is 637 g/mol. The zero-order chi connectivity index (χ0) is 33.4. The number of carbonyl (C=O) groups is 4. The molecule has 46 heavy (non-hydrogen) atoms. The van der Waals surface area contributed by atoms with Gasteiger partial charge in [-0.25, -0.2) is 4.79 Å². The zero-order valence-corrected chi connectivity index (χ0v) is 27.9. The van der Waals surface area contributed by atoms with Crippen LogP contribution in [0.4, 0.5) is 4.79 Å². The number of hydrogen-bond acceptors (Lipinski definition) is 8. The minimum atomic E-state index is -0.717. The van der Waals surface area contributed by atoms with Crippen LogP contribution in [-0.4, -0.2) is 72.6 Å². The normalized spacial score (nSPS) is 29.6. The third-order valence-electron chi connectivity index (χ3n) is 10.5. The van der Waals surface area contributed by atoms with E-state index in [2.05, 4.69) is 23.6 Å². The molecule has 3 amide bonds. The predicted molar refractivity (Wildman–Crippen MR) is 169 cm³/mol. The van der Waals surface area contributed by atoms with Crippen molar-refractivity contribution in [3.05, 3.63) is 23.3 Å². The summed E-state index contributed by atoms with van der Waals surface area (Å²) >= 11 is 0. The van der Waals surface area contributed by atoms with E-state index in [1.165, 1.54) is 19.2 Å². The first-order chi connectivity index (χ1) is 21.7. The fourth-order valence-corrected chi connectivity index (χ4v) is 7.52. The summed E-state index contributed by atoms with van der Waals surface area (Å²) in [5, 5.41) is 16.1. The monoisotopic (exact) mass is 636 g/mol. The molecule has 1 aromatic carbocycles. The second-order valence-corrected chi connectivity index (χ2v) is 15.3. The van der Waals surface area contributed by atoms with Crippen molar-refractivity contribution in [2.45, 2.75) is 122 Å². The number of hydrogen-bond donors (Lipinski definition) is 2. The van der Waals surface area contributed by atoms with E-state index in [-0.39, 0.29) is 45.5 Å². The summed E-state index contributed by atoms with van der Waals surface area (Å²) < 4.78 is 17.5. The molecule has 0 spiro atoms. The molecule has 11 nitrogen and oxygen atoms in total. The van der Waals surface area contributed by atoms with Crippen molar-refractivity contribution in [2.75, 3.05) is 13.7 Å². The molecule has 2 aliphatic heterocycles. The van der Waals surface area contributed by atoms with Crippen molar-refractivity contribution in [1.82, 2.24) is 15.5 Å². The Morgan fingerprint density at radius 2 is 1.72 bits per heavy atom. The van der Waals surface area contributed by atoms with E-state index >= 15 is 0 Å². The number of carbonyl (C=O) groups excluding carboxylic acids is 4. The van der Waals surface area contributed by atoms with Gasteiger partial charge in [-0.15, -0.1) is 0 Å². The lowest BCUT2D eigenvalue weighted by atomic mass is 9.70. The number of amides is 3. The molecule has 1 aromatic rings. The summed E-state index contributed by atoms with van der Waals surface area (Å²) in [5.74, 6) is -0.874. The van der Waals surface area contributed by atoms with Crippen LogP contribution in [0.15, 0.2) is 12.1 Å². The molecule has 250 valence electrons. The van der Waals surface area contributed by atoms with E-state index in [1.54, 1.807) is 25.7 Å². The molecule has 5 rings (SSSR count). The third-order valence-corrected chi connectivity index (χ3v) is 10.5. The van der Waals surface area contributed by atoms with Gasteiger partial charge in [0.05, 0.1) is 42.3 Å². The Morgan fingerprint density at radius 3 is 2.28 bits per heavy atom. The van der Waals surface area contributed by atoms with Crippen LogP contribution in [0.1, 0.15) is 108 Å². The molecule has 2 N–H and O–H groups in total. The van der Waals surface area contributed by atoms with Gasteiger partial charge in [0.15, 0.2) is 0 Å². The van der Waals surface area contributed by atoms with Crippen molar-refractivity contribution in [2.24, 2.45) is 16.7 Å². The molecule has 4 fully saturated rings. The van der Waals surface area contributed by atoms with Crippen LogP contribution in [-0.2, 0) is 14.3 Å². The number of nitrogens with one attached hydrogen (secondary N) is 2. The van der Waals surface area contributed by atoms with Gasteiger partial charge in [-0.3, -0.25) is 14.5 Å².